The number of piperazine rings is 1. The molecule has 0 bridgehead atoms. The number of aryl methyl sites for hydroxylation is 1. The quantitative estimate of drug-likeness (QED) is 0.876. The Labute approximate surface area is 110 Å². The molecule has 1 atom stereocenters. The molecule has 1 N–H and O–H groups in total. The molecule has 0 spiro atoms. The van der Waals surface area contributed by atoms with E-state index < -0.39 is 0 Å². The zero-order valence-electron chi connectivity index (χ0n) is 11.4. The third-order valence-corrected chi connectivity index (χ3v) is 4.27. The molecule has 0 amide bonds. The first-order chi connectivity index (χ1) is 8.83. The lowest BCUT2D eigenvalue weighted by atomic mass is 9.97. The van der Waals surface area contributed by atoms with Gasteiger partial charge in [-0.2, -0.15) is 0 Å². The van der Waals surface area contributed by atoms with Crippen molar-refractivity contribution in [1.82, 2.24) is 10.2 Å². The minimum Gasteiger partial charge on any atom is -0.314 e. The highest BCUT2D eigenvalue weighted by atomic mass is 15.2. The van der Waals surface area contributed by atoms with Crippen LogP contribution in [-0.4, -0.2) is 31.1 Å². The molecular formula is C16H24N2. The Morgan fingerprint density at radius 1 is 1.28 bits per heavy atom. The van der Waals surface area contributed by atoms with Crippen molar-refractivity contribution in [1.29, 1.82) is 0 Å². The summed E-state index contributed by atoms with van der Waals surface area (Å²) in [5, 5.41) is 3.46. The molecule has 1 aromatic rings. The monoisotopic (exact) mass is 244 g/mol. The minimum absolute atomic E-state index is 0.652. The molecule has 2 nitrogen and oxygen atoms in total. The number of benzene rings is 1. The summed E-state index contributed by atoms with van der Waals surface area (Å²) in [6.07, 6.45) is 4.27. The lowest BCUT2D eigenvalue weighted by Crippen LogP contribution is -2.45. The van der Waals surface area contributed by atoms with Crippen LogP contribution in [0.2, 0.25) is 0 Å². The van der Waals surface area contributed by atoms with Crippen molar-refractivity contribution >= 4 is 0 Å². The van der Waals surface area contributed by atoms with Crippen LogP contribution in [0.1, 0.15) is 36.4 Å². The standard InChI is InChI=1S/C16H24N2/c1-13-3-2-4-15(11-13)16(12-14-5-6-14)18-9-7-17-8-10-18/h2-4,11,14,16-17H,5-10,12H2,1H3/t16-/m0/s1. The van der Waals surface area contributed by atoms with Gasteiger partial charge in [0.25, 0.3) is 0 Å². The second kappa shape index (κ2) is 5.41. The van der Waals surface area contributed by atoms with Gasteiger partial charge in [0.05, 0.1) is 0 Å². The topological polar surface area (TPSA) is 15.3 Å². The predicted molar refractivity (Wildman–Crippen MR) is 75.7 cm³/mol. The first-order valence-electron chi connectivity index (χ1n) is 7.34. The van der Waals surface area contributed by atoms with Crippen molar-refractivity contribution in [2.24, 2.45) is 5.92 Å². The zero-order valence-corrected chi connectivity index (χ0v) is 11.4. The highest BCUT2D eigenvalue weighted by Crippen LogP contribution is 2.40. The van der Waals surface area contributed by atoms with Gasteiger partial charge in [0.1, 0.15) is 0 Å². The molecule has 1 aromatic carbocycles. The molecule has 0 aromatic heterocycles. The Morgan fingerprint density at radius 2 is 2.06 bits per heavy atom. The molecule has 98 valence electrons. The average molecular weight is 244 g/mol. The van der Waals surface area contributed by atoms with E-state index >= 15 is 0 Å². The molecule has 1 saturated carbocycles. The van der Waals surface area contributed by atoms with Crippen LogP contribution in [0.3, 0.4) is 0 Å². The van der Waals surface area contributed by atoms with Crippen molar-refractivity contribution in [2.75, 3.05) is 26.2 Å². The molecule has 1 saturated heterocycles. The largest absolute Gasteiger partial charge is 0.314 e. The fourth-order valence-electron chi connectivity index (χ4n) is 3.04. The Kier molecular flexibility index (Phi) is 3.67. The number of rotatable bonds is 4. The molecule has 1 aliphatic carbocycles. The van der Waals surface area contributed by atoms with Crippen molar-refractivity contribution in [3.05, 3.63) is 35.4 Å². The van der Waals surface area contributed by atoms with E-state index in [9.17, 15) is 0 Å². The fraction of sp³-hybridized carbons (Fsp3) is 0.625. The van der Waals surface area contributed by atoms with Crippen LogP contribution in [0, 0.1) is 12.8 Å². The molecule has 2 fully saturated rings. The molecule has 1 aliphatic heterocycles. The normalized spacial score (nSPS) is 22.9. The van der Waals surface area contributed by atoms with Crippen molar-refractivity contribution in [3.63, 3.8) is 0 Å². The Hall–Kier alpha value is -0.860. The van der Waals surface area contributed by atoms with Crippen LogP contribution in [-0.2, 0) is 0 Å². The highest BCUT2D eigenvalue weighted by molar-refractivity contribution is 5.25. The van der Waals surface area contributed by atoms with Crippen LogP contribution < -0.4 is 5.32 Å². The summed E-state index contributed by atoms with van der Waals surface area (Å²) in [7, 11) is 0. The van der Waals surface area contributed by atoms with Crippen molar-refractivity contribution in [2.45, 2.75) is 32.2 Å². The lowest BCUT2D eigenvalue weighted by Gasteiger charge is -2.35. The van der Waals surface area contributed by atoms with Gasteiger partial charge in [-0.05, 0) is 24.8 Å². The third kappa shape index (κ3) is 2.93. The van der Waals surface area contributed by atoms with E-state index in [1.807, 2.05) is 0 Å². The third-order valence-electron chi connectivity index (χ3n) is 4.27. The molecule has 2 aliphatic rings. The van der Waals surface area contributed by atoms with E-state index in [0.717, 1.165) is 19.0 Å². The molecule has 0 unspecified atom stereocenters. The number of nitrogens with one attached hydrogen (secondary N) is 1. The molecule has 2 heteroatoms. The first kappa shape index (κ1) is 12.2. The van der Waals surface area contributed by atoms with Crippen LogP contribution in [0.25, 0.3) is 0 Å². The van der Waals surface area contributed by atoms with E-state index in [2.05, 4.69) is 41.4 Å². The SMILES string of the molecule is Cc1cccc([C@H](CC2CC2)N2CCNCC2)c1. The van der Waals surface area contributed by atoms with E-state index in [1.165, 1.54) is 43.5 Å². The summed E-state index contributed by atoms with van der Waals surface area (Å²) < 4.78 is 0. The van der Waals surface area contributed by atoms with Gasteiger partial charge in [-0.1, -0.05) is 42.7 Å². The van der Waals surface area contributed by atoms with E-state index in [1.54, 1.807) is 0 Å². The number of nitrogens with zero attached hydrogens (tertiary/aromatic N) is 1. The van der Waals surface area contributed by atoms with Gasteiger partial charge in [0.15, 0.2) is 0 Å². The summed E-state index contributed by atoms with van der Waals surface area (Å²) in [4.78, 5) is 2.68. The molecule has 1 heterocycles. The van der Waals surface area contributed by atoms with Crippen LogP contribution in [0.15, 0.2) is 24.3 Å². The predicted octanol–water partition coefficient (Wildman–Crippen LogP) is 2.74. The molecule has 3 rings (SSSR count). The van der Waals surface area contributed by atoms with Gasteiger partial charge in [-0.25, -0.2) is 0 Å². The van der Waals surface area contributed by atoms with Gasteiger partial charge >= 0.3 is 0 Å². The number of hydrogen-bond donors (Lipinski definition) is 1. The van der Waals surface area contributed by atoms with Crippen LogP contribution in [0.4, 0.5) is 0 Å². The summed E-state index contributed by atoms with van der Waals surface area (Å²) in [5.41, 5.74) is 2.92. The summed E-state index contributed by atoms with van der Waals surface area (Å²) in [5.74, 6) is 0.991. The van der Waals surface area contributed by atoms with E-state index in [4.69, 9.17) is 0 Å². The Balaban J connectivity index is 1.78. The minimum atomic E-state index is 0.652. The maximum atomic E-state index is 3.46. The van der Waals surface area contributed by atoms with Gasteiger partial charge in [0.2, 0.25) is 0 Å². The van der Waals surface area contributed by atoms with Gasteiger partial charge < -0.3 is 5.32 Å². The van der Waals surface area contributed by atoms with Crippen LogP contribution >= 0.6 is 0 Å². The summed E-state index contributed by atoms with van der Waals surface area (Å²) >= 11 is 0. The molecular weight excluding hydrogens is 220 g/mol. The lowest BCUT2D eigenvalue weighted by molar-refractivity contribution is 0.160. The average Bonchev–Trinajstić information content (AvgIpc) is 3.21. The summed E-state index contributed by atoms with van der Waals surface area (Å²) in [6, 6.07) is 9.78. The van der Waals surface area contributed by atoms with Gasteiger partial charge in [-0.15, -0.1) is 0 Å². The maximum absolute atomic E-state index is 3.46. The van der Waals surface area contributed by atoms with Crippen molar-refractivity contribution in [3.8, 4) is 0 Å². The second-order valence-corrected chi connectivity index (χ2v) is 5.89. The number of hydrogen-bond acceptors (Lipinski definition) is 2. The Bertz CT molecular complexity index is 392. The second-order valence-electron chi connectivity index (χ2n) is 5.89. The fourth-order valence-corrected chi connectivity index (χ4v) is 3.04. The smallest absolute Gasteiger partial charge is 0.0351 e. The Morgan fingerprint density at radius 3 is 2.72 bits per heavy atom. The van der Waals surface area contributed by atoms with Gasteiger partial charge in [0, 0.05) is 32.2 Å². The van der Waals surface area contributed by atoms with Crippen LogP contribution in [0.5, 0.6) is 0 Å². The molecule has 0 radical (unpaired) electrons. The first-order valence-corrected chi connectivity index (χ1v) is 7.34. The highest BCUT2D eigenvalue weighted by Gasteiger charge is 2.30. The molecule has 18 heavy (non-hydrogen) atoms. The van der Waals surface area contributed by atoms with E-state index in [0.29, 0.717) is 6.04 Å². The summed E-state index contributed by atoms with van der Waals surface area (Å²) in [6.45, 7) is 6.89. The van der Waals surface area contributed by atoms with Crippen molar-refractivity contribution < 1.29 is 0 Å². The van der Waals surface area contributed by atoms with Gasteiger partial charge in [-0.3, -0.25) is 4.90 Å². The van der Waals surface area contributed by atoms with E-state index in [-0.39, 0.29) is 0 Å². The zero-order chi connectivity index (χ0) is 12.4. The maximum Gasteiger partial charge on any atom is 0.0351 e.